The van der Waals surface area contributed by atoms with E-state index in [4.69, 9.17) is 19.3 Å². The van der Waals surface area contributed by atoms with Gasteiger partial charge in [0.2, 0.25) is 0 Å². The summed E-state index contributed by atoms with van der Waals surface area (Å²) >= 11 is 0. The third-order valence-corrected chi connectivity index (χ3v) is 5.51. The first kappa shape index (κ1) is 22.0. The van der Waals surface area contributed by atoms with Crippen molar-refractivity contribution in [2.24, 2.45) is 0 Å². The monoisotopic (exact) mass is 401 g/mol. The molecule has 0 amide bonds. The van der Waals surface area contributed by atoms with Crippen molar-refractivity contribution in [2.75, 3.05) is 26.4 Å². The van der Waals surface area contributed by atoms with E-state index in [1.807, 2.05) is 0 Å². The maximum absolute atomic E-state index is 11.8. The van der Waals surface area contributed by atoms with Gasteiger partial charge in [0.1, 0.15) is 14.6 Å². The van der Waals surface area contributed by atoms with Crippen LogP contribution in [0.2, 0.25) is 0 Å². The molecule has 1 fully saturated rings. The fourth-order valence-electron chi connectivity index (χ4n) is 3.02. The Kier molecular flexibility index (Phi) is 8.41. The van der Waals surface area contributed by atoms with E-state index in [0.29, 0.717) is 32.8 Å². The van der Waals surface area contributed by atoms with Crippen molar-refractivity contribution in [1.82, 2.24) is 5.32 Å². The summed E-state index contributed by atoms with van der Waals surface area (Å²) in [5.74, 6) is -0.957. The van der Waals surface area contributed by atoms with Crippen LogP contribution in [0, 0.1) is 0 Å². The summed E-state index contributed by atoms with van der Waals surface area (Å²) in [5, 5.41) is 21.4. The molecular weight excluding hydrogens is 373 g/mol. The second kappa shape index (κ2) is 10.3. The van der Waals surface area contributed by atoms with Crippen LogP contribution in [0.25, 0.3) is 0 Å². The van der Waals surface area contributed by atoms with Crippen molar-refractivity contribution in [3.05, 3.63) is 35.4 Å². The first-order chi connectivity index (χ1) is 12.9. The van der Waals surface area contributed by atoms with Gasteiger partial charge in [0.25, 0.3) is 0 Å². The Hall–Kier alpha value is -1.28. The predicted octanol–water partition coefficient (Wildman–Crippen LogP) is 1.13. The van der Waals surface area contributed by atoms with Crippen LogP contribution in [0.1, 0.15) is 29.8 Å². The highest BCUT2D eigenvalue weighted by Gasteiger charge is 2.47. The smallest absolute Gasteiger partial charge is 0.335 e. The molecule has 0 aliphatic carbocycles. The second-order valence-corrected chi connectivity index (χ2v) is 7.54. The number of aromatic carboxylic acids is 1. The molecule has 2 unspecified atom stereocenters. The van der Waals surface area contributed by atoms with Crippen LogP contribution in [0.5, 0.6) is 0 Å². The molecule has 0 spiro atoms. The van der Waals surface area contributed by atoms with Crippen LogP contribution < -0.4 is 5.32 Å². The molecule has 2 rings (SSSR count). The molecule has 152 valence electrons. The molecular formula is C18H28NO7P. The first-order valence-corrected chi connectivity index (χ1v) is 10.1. The van der Waals surface area contributed by atoms with Gasteiger partial charge in [0.15, 0.2) is 11.6 Å². The molecule has 1 aromatic rings. The summed E-state index contributed by atoms with van der Waals surface area (Å²) in [7, 11) is -1.61. The zero-order valence-electron chi connectivity index (χ0n) is 15.6. The summed E-state index contributed by atoms with van der Waals surface area (Å²) in [6, 6.07) is 6.68. The molecule has 0 radical (unpaired) electrons. The number of aliphatic hydroxyl groups is 1. The molecule has 1 heterocycles. The molecule has 1 aromatic carbocycles. The summed E-state index contributed by atoms with van der Waals surface area (Å²) in [6.45, 7) is 4.82. The highest BCUT2D eigenvalue weighted by Crippen LogP contribution is 2.34. The Morgan fingerprint density at radius 1 is 1.33 bits per heavy atom. The van der Waals surface area contributed by atoms with Crippen molar-refractivity contribution in [1.29, 1.82) is 0 Å². The number of hydrogen-bond donors (Lipinski definition) is 3. The number of rotatable bonds is 10. The van der Waals surface area contributed by atoms with Crippen LogP contribution >= 0.6 is 8.46 Å². The Bertz CT molecular complexity index is 613. The van der Waals surface area contributed by atoms with E-state index < -0.39 is 32.2 Å². The summed E-state index contributed by atoms with van der Waals surface area (Å²) in [4.78, 5) is 10.9. The second-order valence-electron chi connectivity index (χ2n) is 6.38. The zero-order chi connectivity index (χ0) is 19.9. The van der Waals surface area contributed by atoms with Gasteiger partial charge >= 0.3 is 5.97 Å². The van der Waals surface area contributed by atoms with Gasteiger partial charge in [-0.05, 0) is 38.0 Å². The van der Waals surface area contributed by atoms with E-state index in [1.54, 1.807) is 38.1 Å². The van der Waals surface area contributed by atoms with Crippen molar-refractivity contribution < 1.29 is 33.8 Å². The van der Waals surface area contributed by atoms with Crippen LogP contribution in [-0.4, -0.2) is 66.3 Å². The Morgan fingerprint density at radius 2 is 1.96 bits per heavy atom. The van der Waals surface area contributed by atoms with E-state index in [2.05, 4.69) is 5.32 Å². The van der Waals surface area contributed by atoms with Crippen molar-refractivity contribution >= 4 is 14.4 Å². The van der Waals surface area contributed by atoms with Crippen LogP contribution in [-0.2, 0) is 25.2 Å². The number of nitrogens with one attached hydrogen (secondary N) is 1. The highest BCUT2D eigenvalue weighted by atomic mass is 31.1. The Labute approximate surface area is 160 Å². The number of carbonyl (C=O) groups is 1. The summed E-state index contributed by atoms with van der Waals surface area (Å²) in [6.07, 6.45) is -1.07. The van der Waals surface area contributed by atoms with E-state index in [1.165, 1.54) is 0 Å². The quantitative estimate of drug-likeness (QED) is 0.395. The molecule has 1 aliphatic rings. The molecule has 3 N–H and O–H groups in total. The van der Waals surface area contributed by atoms with Gasteiger partial charge in [-0.3, -0.25) is 0 Å². The number of carboxylic acid groups (broad SMARTS) is 1. The standard InChI is InChI=1S/C18H28NO7P/c1-3-24-17(25-4-2)18(22,27-23)15-10-19-14(11-26-15)9-12-5-7-13(8-6-12)16(20)21/h5-8,14-15,17,19,22H,3-4,9-11,27H2,1-2H3,(H,20,21)/t14-,15+,18?/m1/s1. The zero-order valence-corrected chi connectivity index (χ0v) is 16.7. The van der Waals surface area contributed by atoms with Gasteiger partial charge in [-0.25, -0.2) is 4.79 Å². The lowest BCUT2D eigenvalue weighted by molar-refractivity contribution is -0.238. The minimum absolute atomic E-state index is 0.000433. The molecule has 1 aliphatic heterocycles. The largest absolute Gasteiger partial charge is 0.478 e. The summed E-state index contributed by atoms with van der Waals surface area (Å²) in [5.41, 5.74) is 1.22. The fourth-order valence-corrected chi connectivity index (χ4v) is 3.69. The van der Waals surface area contributed by atoms with E-state index in [-0.39, 0.29) is 11.6 Å². The third-order valence-electron chi connectivity index (χ3n) is 4.49. The lowest BCUT2D eigenvalue weighted by Gasteiger charge is -2.41. The number of carboxylic acids is 1. The third kappa shape index (κ3) is 5.60. The summed E-state index contributed by atoms with van der Waals surface area (Å²) < 4.78 is 28.5. The van der Waals surface area contributed by atoms with Crippen LogP contribution in [0.15, 0.2) is 24.3 Å². The van der Waals surface area contributed by atoms with Gasteiger partial charge in [-0.2, -0.15) is 0 Å². The average Bonchev–Trinajstić information content (AvgIpc) is 2.68. The van der Waals surface area contributed by atoms with E-state index in [0.717, 1.165) is 5.56 Å². The van der Waals surface area contributed by atoms with Crippen molar-refractivity contribution in [2.45, 2.75) is 44.0 Å². The molecule has 27 heavy (non-hydrogen) atoms. The lowest BCUT2D eigenvalue weighted by atomic mass is 10.0. The van der Waals surface area contributed by atoms with Crippen LogP contribution in [0.3, 0.4) is 0 Å². The van der Waals surface area contributed by atoms with E-state index in [9.17, 15) is 14.5 Å². The fraction of sp³-hybridized carbons (Fsp3) is 0.611. The molecule has 4 atom stereocenters. The maximum Gasteiger partial charge on any atom is 0.335 e. The van der Waals surface area contributed by atoms with Gasteiger partial charge in [-0.15, -0.1) is 0 Å². The molecule has 9 heteroatoms. The number of hydrogen-bond acceptors (Lipinski definition) is 7. The number of benzene rings is 1. The minimum Gasteiger partial charge on any atom is -0.478 e. The maximum atomic E-state index is 11.8. The number of morpholine rings is 1. The van der Waals surface area contributed by atoms with E-state index >= 15 is 0 Å². The average molecular weight is 401 g/mol. The molecule has 0 saturated carbocycles. The SMILES string of the molecule is CCOC(OCC)C(O)([PH2]=O)[C@@H]1CN[C@H](Cc2ccc(C(=O)O)cc2)CO1. The predicted molar refractivity (Wildman–Crippen MR) is 101 cm³/mol. The van der Waals surface area contributed by atoms with Gasteiger partial charge < -0.3 is 34.3 Å². The first-order valence-electron chi connectivity index (χ1n) is 9.03. The van der Waals surface area contributed by atoms with Crippen molar-refractivity contribution in [3.8, 4) is 0 Å². The minimum atomic E-state index is -1.70. The molecule has 8 nitrogen and oxygen atoms in total. The molecule has 0 aromatic heterocycles. The topological polar surface area (TPSA) is 114 Å². The molecule has 1 saturated heterocycles. The Morgan fingerprint density at radius 3 is 2.41 bits per heavy atom. The lowest BCUT2D eigenvalue weighted by Crippen LogP contribution is -2.60. The van der Waals surface area contributed by atoms with Crippen LogP contribution in [0.4, 0.5) is 0 Å². The van der Waals surface area contributed by atoms with Crippen molar-refractivity contribution in [3.63, 3.8) is 0 Å². The number of ether oxygens (including phenoxy) is 3. The van der Waals surface area contributed by atoms with Gasteiger partial charge in [-0.1, -0.05) is 12.1 Å². The van der Waals surface area contributed by atoms with Gasteiger partial charge in [0.05, 0.1) is 12.2 Å². The normalized spacial score (nSPS) is 23.0. The highest BCUT2D eigenvalue weighted by molar-refractivity contribution is 7.25. The molecule has 0 bridgehead atoms. The van der Waals surface area contributed by atoms with Gasteiger partial charge in [0, 0.05) is 25.8 Å². The Balaban J connectivity index is 1.96.